The molecule has 1 aliphatic rings. The van der Waals surface area contributed by atoms with Crippen LogP contribution in [0.15, 0.2) is 24.3 Å². The van der Waals surface area contributed by atoms with Gasteiger partial charge >= 0.3 is 5.97 Å². The molecule has 1 heterocycles. The largest absolute Gasteiger partial charge is 0.454 e. The number of cyclic esters (lactones) is 1. The fourth-order valence-electron chi connectivity index (χ4n) is 1.88. The van der Waals surface area contributed by atoms with Crippen molar-refractivity contribution >= 4 is 5.97 Å². The van der Waals surface area contributed by atoms with Crippen molar-refractivity contribution in [3.8, 4) is 0 Å². The SMILES string of the molecule is O=C1OC(CCCCO)c2ccccc21. The minimum Gasteiger partial charge on any atom is -0.454 e. The summed E-state index contributed by atoms with van der Waals surface area (Å²) >= 11 is 0. The number of esters is 1. The predicted octanol–water partition coefficient (Wildman–Crippen LogP) is 2.06. The second kappa shape index (κ2) is 4.45. The van der Waals surface area contributed by atoms with Crippen molar-refractivity contribution in [3.05, 3.63) is 35.4 Å². The molecule has 0 spiro atoms. The van der Waals surface area contributed by atoms with E-state index in [4.69, 9.17) is 9.84 Å². The second-order valence-electron chi connectivity index (χ2n) is 3.70. The van der Waals surface area contributed by atoms with Gasteiger partial charge in [-0.1, -0.05) is 18.2 Å². The van der Waals surface area contributed by atoms with Gasteiger partial charge in [0.05, 0.1) is 5.56 Å². The van der Waals surface area contributed by atoms with Crippen LogP contribution in [0.4, 0.5) is 0 Å². The van der Waals surface area contributed by atoms with E-state index in [0.29, 0.717) is 5.56 Å². The lowest BCUT2D eigenvalue weighted by Crippen LogP contribution is -1.99. The number of hydrogen-bond donors (Lipinski definition) is 1. The number of aliphatic hydroxyl groups excluding tert-OH is 1. The van der Waals surface area contributed by atoms with Crippen LogP contribution in [0, 0.1) is 0 Å². The third kappa shape index (κ3) is 2.02. The van der Waals surface area contributed by atoms with Crippen molar-refractivity contribution in [1.82, 2.24) is 0 Å². The first-order valence-electron chi connectivity index (χ1n) is 5.23. The summed E-state index contributed by atoms with van der Waals surface area (Å²) in [6.07, 6.45) is 2.32. The monoisotopic (exact) mass is 206 g/mol. The Morgan fingerprint density at radius 2 is 2.07 bits per heavy atom. The number of rotatable bonds is 4. The highest BCUT2D eigenvalue weighted by molar-refractivity contribution is 5.93. The van der Waals surface area contributed by atoms with E-state index in [9.17, 15) is 4.79 Å². The number of benzene rings is 1. The maximum absolute atomic E-state index is 11.4. The highest BCUT2D eigenvalue weighted by Crippen LogP contribution is 2.33. The minimum absolute atomic E-state index is 0.111. The van der Waals surface area contributed by atoms with Gasteiger partial charge in [-0.05, 0) is 25.3 Å². The average molecular weight is 206 g/mol. The van der Waals surface area contributed by atoms with E-state index in [1.54, 1.807) is 6.07 Å². The van der Waals surface area contributed by atoms with Crippen LogP contribution in [0.1, 0.15) is 41.3 Å². The zero-order valence-electron chi connectivity index (χ0n) is 8.48. The smallest absolute Gasteiger partial charge is 0.339 e. The van der Waals surface area contributed by atoms with Gasteiger partial charge in [-0.2, -0.15) is 0 Å². The van der Waals surface area contributed by atoms with Crippen molar-refractivity contribution in [1.29, 1.82) is 0 Å². The molecule has 1 aromatic carbocycles. The van der Waals surface area contributed by atoms with Crippen molar-refractivity contribution in [2.75, 3.05) is 6.61 Å². The van der Waals surface area contributed by atoms with Gasteiger partial charge in [0, 0.05) is 12.2 Å². The molecule has 2 rings (SSSR count). The molecule has 0 aliphatic carbocycles. The molecule has 0 radical (unpaired) electrons. The lowest BCUT2D eigenvalue weighted by molar-refractivity contribution is 0.0361. The Kier molecular flexibility index (Phi) is 3.02. The van der Waals surface area contributed by atoms with E-state index in [2.05, 4.69) is 0 Å². The van der Waals surface area contributed by atoms with Gasteiger partial charge in [0.1, 0.15) is 6.10 Å². The number of ether oxygens (including phenoxy) is 1. The Balaban J connectivity index is 2.08. The van der Waals surface area contributed by atoms with E-state index in [1.165, 1.54) is 0 Å². The third-order valence-corrected chi connectivity index (χ3v) is 2.65. The van der Waals surface area contributed by atoms with Crippen LogP contribution in [0.3, 0.4) is 0 Å². The summed E-state index contributed by atoms with van der Waals surface area (Å²) in [7, 11) is 0. The van der Waals surface area contributed by atoms with Crippen LogP contribution in [0.2, 0.25) is 0 Å². The van der Waals surface area contributed by atoms with Gasteiger partial charge in [-0.15, -0.1) is 0 Å². The van der Waals surface area contributed by atoms with E-state index in [-0.39, 0.29) is 18.7 Å². The van der Waals surface area contributed by atoms with Crippen LogP contribution in [-0.4, -0.2) is 17.7 Å². The molecule has 80 valence electrons. The summed E-state index contributed by atoms with van der Waals surface area (Å²) in [5, 5.41) is 8.68. The molecule has 1 atom stereocenters. The molecule has 1 N–H and O–H groups in total. The molecule has 0 saturated heterocycles. The maximum Gasteiger partial charge on any atom is 0.339 e. The summed E-state index contributed by atoms with van der Waals surface area (Å²) in [6.45, 7) is 0.197. The first-order chi connectivity index (χ1) is 7.33. The molecule has 0 amide bonds. The molecule has 1 unspecified atom stereocenters. The topological polar surface area (TPSA) is 46.5 Å². The van der Waals surface area contributed by atoms with E-state index in [0.717, 1.165) is 24.8 Å². The van der Waals surface area contributed by atoms with Crippen molar-refractivity contribution in [3.63, 3.8) is 0 Å². The van der Waals surface area contributed by atoms with Crippen molar-refractivity contribution < 1.29 is 14.6 Å². The Bertz CT molecular complexity index is 360. The molecule has 3 nitrogen and oxygen atoms in total. The molecular formula is C12H14O3. The number of fused-ring (bicyclic) bond motifs is 1. The Morgan fingerprint density at radius 1 is 1.27 bits per heavy atom. The van der Waals surface area contributed by atoms with Crippen molar-refractivity contribution in [2.45, 2.75) is 25.4 Å². The lowest BCUT2D eigenvalue weighted by Gasteiger charge is -2.09. The Morgan fingerprint density at radius 3 is 2.87 bits per heavy atom. The number of hydrogen-bond acceptors (Lipinski definition) is 3. The quantitative estimate of drug-likeness (QED) is 0.606. The summed E-state index contributed by atoms with van der Waals surface area (Å²) in [6, 6.07) is 7.49. The van der Waals surface area contributed by atoms with Gasteiger partial charge in [-0.3, -0.25) is 0 Å². The van der Waals surface area contributed by atoms with Gasteiger partial charge < -0.3 is 9.84 Å². The van der Waals surface area contributed by atoms with E-state index in [1.807, 2.05) is 18.2 Å². The Hall–Kier alpha value is -1.35. The molecule has 1 aromatic rings. The van der Waals surface area contributed by atoms with Gasteiger partial charge in [-0.25, -0.2) is 4.79 Å². The number of carbonyl (C=O) groups excluding carboxylic acids is 1. The molecule has 1 aliphatic heterocycles. The maximum atomic E-state index is 11.4. The fraction of sp³-hybridized carbons (Fsp3) is 0.417. The summed E-state index contributed by atoms with van der Waals surface area (Å²) in [5.74, 6) is -0.223. The highest BCUT2D eigenvalue weighted by Gasteiger charge is 2.29. The normalized spacial score (nSPS) is 18.7. The molecule has 0 saturated carbocycles. The predicted molar refractivity (Wildman–Crippen MR) is 55.5 cm³/mol. The second-order valence-corrected chi connectivity index (χ2v) is 3.70. The van der Waals surface area contributed by atoms with Gasteiger partial charge in [0.15, 0.2) is 0 Å². The Labute approximate surface area is 88.7 Å². The first-order valence-corrected chi connectivity index (χ1v) is 5.23. The molecule has 0 bridgehead atoms. The van der Waals surface area contributed by atoms with E-state index < -0.39 is 0 Å². The minimum atomic E-state index is -0.223. The van der Waals surface area contributed by atoms with Crippen LogP contribution >= 0.6 is 0 Å². The van der Waals surface area contributed by atoms with Crippen LogP contribution in [-0.2, 0) is 4.74 Å². The fourth-order valence-corrected chi connectivity index (χ4v) is 1.88. The van der Waals surface area contributed by atoms with Gasteiger partial charge in [0.25, 0.3) is 0 Å². The number of aliphatic hydroxyl groups is 1. The van der Waals surface area contributed by atoms with Crippen LogP contribution in [0.5, 0.6) is 0 Å². The molecule has 15 heavy (non-hydrogen) atoms. The number of unbranched alkanes of at least 4 members (excludes halogenated alkanes) is 1. The lowest BCUT2D eigenvalue weighted by atomic mass is 10.0. The van der Waals surface area contributed by atoms with Crippen LogP contribution < -0.4 is 0 Å². The summed E-state index contributed by atoms with van der Waals surface area (Å²) in [4.78, 5) is 11.4. The van der Waals surface area contributed by atoms with Crippen molar-refractivity contribution in [2.24, 2.45) is 0 Å². The van der Waals surface area contributed by atoms with Crippen LogP contribution in [0.25, 0.3) is 0 Å². The van der Waals surface area contributed by atoms with Gasteiger partial charge in [0.2, 0.25) is 0 Å². The summed E-state index contributed by atoms with van der Waals surface area (Å²) < 4.78 is 5.26. The molecular weight excluding hydrogens is 192 g/mol. The molecule has 0 aromatic heterocycles. The highest BCUT2D eigenvalue weighted by atomic mass is 16.5. The first kappa shape index (κ1) is 10.2. The third-order valence-electron chi connectivity index (χ3n) is 2.65. The standard InChI is InChI=1S/C12H14O3/c13-8-4-3-7-11-9-5-1-2-6-10(9)12(14)15-11/h1-2,5-6,11,13H,3-4,7-8H2. The number of carbonyl (C=O) groups is 1. The zero-order valence-corrected chi connectivity index (χ0v) is 8.48. The zero-order chi connectivity index (χ0) is 10.7. The molecule has 0 fully saturated rings. The average Bonchev–Trinajstić information content (AvgIpc) is 2.58. The summed E-state index contributed by atoms with van der Waals surface area (Å²) in [5.41, 5.74) is 1.67. The van der Waals surface area contributed by atoms with E-state index >= 15 is 0 Å². The molecule has 3 heteroatoms.